The van der Waals surface area contributed by atoms with Gasteiger partial charge in [-0.15, -0.1) is 0 Å². The van der Waals surface area contributed by atoms with Gasteiger partial charge >= 0.3 is 5.69 Å². The fourth-order valence-corrected chi connectivity index (χ4v) is 4.05. The lowest BCUT2D eigenvalue weighted by Gasteiger charge is -2.10. The lowest BCUT2D eigenvalue weighted by atomic mass is 10.3. The van der Waals surface area contributed by atoms with Gasteiger partial charge in [0.15, 0.2) is 0 Å². The number of anilines is 1. The van der Waals surface area contributed by atoms with Gasteiger partial charge < -0.3 is 4.74 Å². The van der Waals surface area contributed by atoms with Crippen molar-refractivity contribution in [3.63, 3.8) is 0 Å². The Hall–Kier alpha value is -2.74. The molecule has 0 aliphatic rings. The summed E-state index contributed by atoms with van der Waals surface area (Å²) in [7, 11) is -2.28. The number of rotatable bonds is 6. The first-order chi connectivity index (χ1) is 12.4. The summed E-state index contributed by atoms with van der Waals surface area (Å²) in [6.45, 7) is 4.73. The molecule has 1 heterocycles. The van der Waals surface area contributed by atoms with Gasteiger partial charge in [0.05, 0.1) is 28.7 Å². The van der Waals surface area contributed by atoms with Crippen molar-refractivity contribution in [2.75, 3.05) is 11.8 Å². The number of imidazole rings is 1. The van der Waals surface area contributed by atoms with E-state index in [-0.39, 0.29) is 10.6 Å². The number of nitrogens with zero attached hydrogens (tertiary/aromatic N) is 2. The van der Waals surface area contributed by atoms with Crippen LogP contribution in [0.1, 0.15) is 13.8 Å². The molecule has 0 amide bonds. The zero-order chi connectivity index (χ0) is 18.9. The van der Waals surface area contributed by atoms with Crippen molar-refractivity contribution in [3.8, 4) is 5.75 Å². The molecular formula is C18H21N3O4S. The van der Waals surface area contributed by atoms with Crippen molar-refractivity contribution >= 4 is 26.7 Å². The average Bonchev–Trinajstić information content (AvgIpc) is 2.91. The number of methoxy groups -OCH3 is 1. The smallest absolute Gasteiger partial charge is 0.329 e. The number of hydrogen-bond acceptors (Lipinski definition) is 4. The fourth-order valence-electron chi connectivity index (χ4n) is 2.98. The predicted molar refractivity (Wildman–Crippen MR) is 101 cm³/mol. The van der Waals surface area contributed by atoms with Crippen molar-refractivity contribution in [1.29, 1.82) is 0 Å². The second kappa shape index (κ2) is 6.87. The first-order valence-electron chi connectivity index (χ1n) is 8.31. The van der Waals surface area contributed by atoms with Crippen LogP contribution in [0.5, 0.6) is 5.75 Å². The summed E-state index contributed by atoms with van der Waals surface area (Å²) < 4.78 is 36.4. The van der Waals surface area contributed by atoms with Gasteiger partial charge in [-0.25, -0.2) is 13.2 Å². The molecule has 26 heavy (non-hydrogen) atoms. The lowest BCUT2D eigenvalue weighted by molar-refractivity contribution is 0.415. The van der Waals surface area contributed by atoms with E-state index in [0.717, 1.165) is 5.52 Å². The van der Waals surface area contributed by atoms with Crippen molar-refractivity contribution in [3.05, 3.63) is 52.9 Å². The van der Waals surface area contributed by atoms with Crippen molar-refractivity contribution in [2.24, 2.45) is 0 Å². The van der Waals surface area contributed by atoms with Crippen LogP contribution >= 0.6 is 0 Å². The van der Waals surface area contributed by atoms with E-state index in [2.05, 4.69) is 4.72 Å². The summed E-state index contributed by atoms with van der Waals surface area (Å²) in [6.07, 6.45) is 0. The van der Waals surface area contributed by atoms with Gasteiger partial charge in [-0.1, -0.05) is 6.07 Å². The molecule has 0 aliphatic carbocycles. The maximum Gasteiger partial charge on any atom is 0.329 e. The highest BCUT2D eigenvalue weighted by molar-refractivity contribution is 7.92. The molecule has 0 bridgehead atoms. The third kappa shape index (κ3) is 3.08. The molecule has 1 N–H and O–H groups in total. The van der Waals surface area contributed by atoms with Gasteiger partial charge in [0, 0.05) is 19.2 Å². The first-order valence-corrected chi connectivity index (χ1v) is 9.79. The van der Waals surface area contributed by atoms with Gasteiger partial charge in [0.25, 0.3) is 10.0 Å². The van der Waals surface area contributed by atoms with Crippen LogP contribution in [0.3, 0.4) is 0 Å². The first kappa shape index (κ1) is 18.1. The highest BCUT2D eigenvalue weighted by Crippen LogP contribution is 2.23. The quantitative estimate of drug-likeness (QED) is 0.718. The van der Waals surface area contributed by atoms with Gasteiger partial charge in [-0.05, 0) is 44.2 Å². The second-order valence-corrected chi connectivity index (χ2v) is 7.44. The van der Waals surface area contributed by atoms with E-state index in [0.29, 0.717) is 30.0 Å². The molecule has 0 saturated heterocycles. The number of benzene rings is 2. The molecule has 7 nitrogen and oxygen atoms in total. The number of fused-ring (bicyclic) bond motifs is 1. The van der Waals surface area contributed by atoms with Gasteiger partial charge in [-0.3, -0.25) is 13.9 Å². The van der Waals surface area contributed by atoms with Gasteiger partial charge in [-0.2, -0.15) is 0 Å². The maximum absolute atomic E-state index is 12.8. The van der Waals surface area contributed by atoms with Crippen LogP contribution in [0.2, 0.25) is 0 Å². The summed E-state index contributed by atoms with van der Waals surface area (Å²) in [5, 5.41) is 0. The van der Waals surface area contributed by atoms with Crippen LogP contribution in [0.4, 0.5) is 5.69 Å². The summed E-state index contributed by atoms with van der Waals surface area (Å²) in [4.78, 5) is 12.5. The molecule has 1 aromatic heterocycles. The van der Waals surface area contributed by atoms with Crippen LogP contribution < -0.4 is 15.1 Å². The Morgan fingerprint density at radius 1 is 1.00 bits per heavy atom. The number of nitrogens with one attached hydrogen (secondary N) is 1. The highest BCUT2D eigenvalue weighted by atomic mass is 32.2. The van der Waals surface area contributed by atoms with E-state index in [9.17, 15) is 13.2 Å². The SMILES string of the molecule is CCn1c(=O)n(CC)c2cc(S(=O)(=O)Nc3cccc(OC)c3)ccc21. The normalized spacial score (nSPS) is 11.7. The number of aryl methyl sites for hydroxylation is 2. The monoisotopic (exact) mass is 375 g/mol. The fraction of sp³-hybridized carbons (Fsp3) is 0.278. The van der Waals surface area contributed by atoms with Crippen molar-refractivity contribution < 1.29 is 13.2 Å². The van der Waals surface area contributed by atoms with Crippen molar-refractivity contribution in [2.45, 2.75) is 31.8 Å². The van der Waals surface area contributed by atoms with E-state index in [1.54, 1.807) is 39.5 Å². The maximum atomic E-state index is 12.8. The van der Waals surface area contributed by atoms with Crippen LogP contribution in [0, 0.1) is 0 Å². The molecule has 138 valence electrons. The Balaban J connectivity index is 2.07. The minimum Gasteiger partial charge on any atom is -0.497 e. The Labute approximate surface area is 151 Å². The average molecular weight is 375 g/mol. The summed E-state index contributed by atoms with van der Waals surface area (Å²) >= 11 is 0. The highest BCUT2D eigenvalue weighted by Gasteiger charge is 2.18. The molecule has 0 radical (unpaired) electrons. The molecule has 0 fully saturated rings. The minimum absolute atomic E-state index is 0.100. The Kier molecular flexibility index (Phi) is 4.78. The zero-order valence-corrected chi connectivity index (χ0v) is 15.7. The molecular weight excluding hydrogens is 354 g/mol. The number of aromatic nitrogens is 2. The minimum atomic E-state index is -3.80. The van der Waals surface area contributed by atoms with Crippen LogP contribution in [0.15, 0.2) is 52.2 Å². The van der Waals surface area contributed by atoms with Crippen LogP contribution in [-0.4, -0.2) is 24.7 Å². The zero-order valence-electron chi connectivity index (χ0n) is 14.9. The summed E-state index contributed by atoms with van der Waals surface area (Å²) in [6, 6.07) is 11.4. The predicted octanol–water partition coefficient (Wildman–Crippen LogP) is 2.65. The number of ether oxygens (including phenoxy) is 1. The van der Waals surface area contributed by atoms with E-state index < -0.39 is 10.0 Å². The molecule has 0 unspecified atom stereocenters. The largest absolute Gasteiger partial charge is 0.497 e. The Morgan fingerprint density at radius 2 is 1.69 bits per heavy atom. The molecule has 8 heteroatoms. The molecule has 0 saturated carbocycles. The van der Waals surface area contributed by atoms with E-state index in [4.69, 9.17) is 4.74 Å². The third-order valence-corrected chi connectivity index (χ3v) is 5.63. The molecule has 0 aliphatic heterocycles. The van der Waals surface area contributed by atoms with Gasteiger partial charge in [0.1, 0.15) is 5.75 Å². The lowest BCUT2D eigenvalue weighted by Crippen LogP contribution is -2.23. The van der Waals surface area contributed by atoms with E-state index in [1.807, 2.05) is 13.8 Å². The Morgan fingerprint density at radius 3 is 2.35 bits per heavy atom. The standard InChI is InChI=1S/C18H21N3O4S/c1-4-20-16-10-9-15(12-17(16)21(5-2)18(20)22)26(23,24)19-13-7-6-8-14(11-13)25-3/h6-12,19H,4-5H2,1-3H3. The molecule has 0 spiro atoms. The number of sulfonamides is 1. The Bertz CT molecular complexity index is 1110. The molecule has 3 aromatic rings. The third-order valence-electron chi connectivity index (χ3n) is 4.25. The van der Waals surface area contributed by atoms with E-state index in [1.165, 1.54) is 19.2 Å². The van der Waals surface area contributed by atoms with Crippen molar-refractivity contribution in [1.82, 2.24) is 9.13 Å². The summed E-state index contributed by atoms with van der Waals surface area (Å²) in [5.74, 6) is 0.556. The topological polar surface area (TPSA) is 82.3 Å². The second-order valence-electron chi connectivity index (χ2n) is 5.76. The van der Waals surface area contributed by atoms with E-state index >= 15 is 0 Å². The summed E-state index contributed by atoms with van der Waals surface area (Å²) in [5.41, 5.74) is 1.59. The number of hydrogen-bond donors (Lipinski definition) is 1. The van der Waals surface area contributed by atoms with Crippen LogP contribution in [0.25, 0.3) is 11.0 Å². The molecule has 0 atom stereocenters. The molecule has 3 rings (SSSR count). The van der Waals surface area contributed by atoms with Crippen LogP contribution in [-0.2, 0) is 23.1 Å². The van der Waals surface area contributed by atoms with Gasteiger partial charge in [0.2, 0.25) is 0 Å². The molecule has 2 aromatic carbocycles.